The molecule has 6 nitrogen and oxygen atoms in total. The van der Waals surface area contributed by atoms with Crippen LogP contribution in [-0.4, -0.2) is 54.0 Å². The smallest absolute Gasteiger partial charge is 0.315 e. The van der Waals surface area contributed by atoms with Crippen LogP contribution in [0.4, 0.5) is 0 Å². The Morgan fingerprint density at radius 3 is 2.38 bits per heavy atom. The van der Waals surface area contributed by atoms with E-state index in [2.05, 4.69) is 39.3 Å². The van der Waals surface area contributed by atoms with E-state index < -0.39 is 27.7 Å². The van der Waals surface area contributed by atoms with E-state index in [-0.39, 0.29) is 41.2 Å². The highest BCUT2D eigenvalue weighted by Gasteiger charge is 2.83. The largest absolute Gasteiger partial charge is 0.469 e. The summed E-state index contributed by atoms with van der Waals surface area (Å²) < 4.78 is 25.0. The van der Waals surface area contributed by atoms with Gasteiger partial charge in [0.1, 0.15) is 5.60 Å². The second-order valence-corrected chi connectivity index (χ2v) is 23.1. The third-order valence-electron chi connectivity index (χ3n) is 10.1. The van der Waals surface area contributed by atoms with Crippen LogP contribution in [0.25, 0.3) is 0 Å². The van der Waals surface area contributed by atoms with Crippen molar-refractivity contribution in [2.24, 2.45) is 40.4 Å². The Balaban J connectivity index is 1.57. The van der Waals surface area contributed by atoms with Crippen molar-refractivity contribution in [3.8, 4) is 0 Å². The van der Waals surface area contributed by atoms with Gasteiger partial charge in [-0.2, -0.15) is 0 Å². The Bertz CT molecular complexity index is 879. The number of esters is 2. The summed E-state index contributed by atoms with van der Waals surface area (Å²) >= 11 is 0. The minimum Gasteiger partial charge on any atom is -0.469 e. The number of fused-ring (bicyclic) bond motifs is 1. The summed E-state index contributed by atoms with van der Waals surface area (Å²) in [6, 6.07) is 0. The van der Waals surface area contributed by atoms with Crippen LogP contribution in [0, 0.1) is 40.4 Å². The molecule has 1 saturated heterocycles. The molecule has 9 atom stereocenters. The molecule has 4 unspecified atom stereocenters. The second kappa shape index (κ2) is 7.65. The molecule has 1 spiro atoms. The molecule has 8 heteroatoms. The Hall–Kier alpha value is -0.706. The van der Waals surface area contributed by atoms with E-state index in [1.165, 1.54) is 7.11 Å². The summed E-state index contributed by atoms with van der Waals surface area (Å²) in [7, 11) is -2.01. The lowest BCUT2D eigenvalue weighted by atomic mass is 9.59. The Kier molecular flexibility index (Phi) is 5.62. The third-order valence-corrected chi connectivity index (χ3v) is 12.1. The quantitative estimate of drug-likeness (QED) is 0.372. The number of ether oxygens (including phenoxy) is 2. The van der Waals surface area contributed by atoms with Crippen molar-refractivity contribution in [3.63, 3.8) is 0 Å². The number of rotatable bonds is 6. The van der Waals surface area contributed by atoms with Gasteiger partial charge in [0.15, 0.2) is 16.6 Å². The zero-order valence-electron chi connectivity index (χ0n) is 22.4. The molecule has 1 aliphatic heterocycles. The van der Waals surface area contributed by atoms with E-state index in [0.717, 1.165) is 45.1 Å². The maximum atomic E-state index is 13.6. The SMILES string of the molecule is COC(=O)C1C2C3(C)C(=O)O[C@]2(CC[C@@H]3O[Si](C)(C)C)C2CC[C@@H]3C[C@]12C[C@H]3CO[Si](C)(C)C. The van der Waals surface area contributed by atoms with Gasteiger partial charge in [0, 0.05) is 18.4 Å². The van der Waals surface area contributed by atoms with Gasteiger partial charge in [0.25, 0.3) is 0 Å². The summed E-state index contributed by atoms with van der Waals surface area (Å²) in [6.45, 7) is 16.1. The van der Waals surface area contributed by atoms with Crippen LogP contribution < -0.4 is 0 Å². The van der Waals surface area contributed by atoms with Crippen LogP contribution >= 0.6 is 0 Å². The van der Waals surface area contributed by atoms with E-state index in [1.54, 1.807) is 0 Å². The van der Waals surface area contributed by atoms with E-state index in [9.17, 15) is 9.59 Å². The third kappa shape index (κ3) is 3.37. The van der Waals surface area contributed by atoms with E-state index >= 15 is 0 Å². The summed E-state index contributed by atoms with van der Waals surface area (Å²) in [5.74, 6) is 0.482. The first-order valence-corrected chi connectivity index (χ1v) is 20.1. The van der Waals surface area contributed by atoms with Gasteiger partial charge in [-0.15, -0.1) is 0 Å². The number of carbonyl (C=O) groups is 2. The highest BCUT2D eigenvalue weighted by molar-refractivity contribution is 6.70. The number of hydrogen-bond donors (Lipinski definition) is 0. The molecule has 1 heterocycles. The zero-order chi connectivity index (χ0) is 24.9. The molecule has 4 aliphatic carbocycles. The standard InChI is InChI=1S/C26H44O6Si2/c1-24-19(32-34(6,7)8)11-12-26(31-23(24)28)18-10-9-16-13-25(18,20(21(24)26)22(27)29-2)14-17(16)15-30-33(3,4)5/h16-21H,9-15H2,1-8H3/t16-,17+,18?,19+,20?,21?,24?,25-,26-/m1/s1. The summed E-state index contributed by atoms with van der Waals surface area (Å²) in [5.41, 5.74) is -1.51. The predicted octanol–water partition coefficient (Wildman–Crippen LogP) is 5.00. The normalized spacial score (nSPS) is 47.2. The zero-order valence-corrected chi connectivity index (χ0v) is 24.4. The molecule has 5 aliphatic rings. The van der Waals surface area contributed by atoms with Gasteiger partial charge >= 0.3 is 11.9 Å². The van der Waals surface area contributed by atoms with Gasteiger partial charge in [-0.25, -0.2) is 0 Å². The van der Waals surface area contributed by atoms with Crippen molar-refractivity contribution in [2.45, 2.75) is 96.4 Å². The average Bonchev–Trinajstić information content (AvgIpc) is 3.20. The minimum atomic E-state index is -1.90. The van der Waals surface area contributed by atoms with Crippen LogP contribution in [0.15, 0.2) is 0 Å². The second-order valence-electron chi connectivity index (χ2n) is 14.1. The molecule has 0 N–H and O–H groups in total. The fourth-order valence-electron chi connectivity index (χ4n) is 9.14. The van der Waals surface area contributed by atoms with Crippen LogP contribution in [0.5, 0.6) is 0 Å². The van der Waals surface area contributed by atoms with Crippen LogP contribution in [-0.2, 0) is 27.9 Å². The summed E-state index contributed by atoms with van der Waals surface area (Å²) in [6.07, 6.45) is 5.61. The monoisotopic (exact) mass is 508 g/mol. The fraction of sp³-hybridized carbons (Fsp3) is 0.923. The van der Waals surface area contributed by atoms with E-state index in [0.29, 0.717) is 11.8 Å². The van der Waals surface area contributed by atoms with Crippen LogP contribution in [0.2, 0.25) is 39.3 Å². The van der Waals surface area contributed by atoms with Crippen molar-refractivity contribution in [3.05, 3.63) is 0 Å². The first-order chi connectivity index (χ1) is 15.7. The predicted molar refractivity (Wildman–Crippen MR) is 134 cm³/mol. The summed E-state index contributed by atoms with van der Waals surface area (Å²) in [4.78, 5) is 27.3. The van der Waals surface area contributed by atoms with Crippen molar-refractivity contribution < 1.29 is 27.9 Å². The fourth-order valence-corrected chi connectivity index (χ4v) is 11.1. The number of hydrogen-bond acceptors (Lipinski definition) is 6. The van der Waals surface area contributed by atoms with Gasteiger partial charge in [-0.1, -0.05) is 0 Å². The Labute approximate surface area is 207 Å². The molecule has 0 aromatic heterocycles. The van der Waals surface area contributed by atoms with Gasteiger partial charge in [-0.05, 0) is 102 Å². The number of methoxy groups -OCH3 is 1. The molecule has 5 rings (SSSR count). The van der Waals surface area contributed by atoms with Crippen LogP contribution in [0.1, 0.15) is 45.4 Å². The molecule has 0 aromatic rings. The first-order valence-electron chi connectivity index (χ1n) is 13.3. The van der Waals surface area contributed by atoms with Crippen molar-refractivity contribution in [2.75, 3.05) is 13.7 Å². The average molecular weight is 509 g/mol. The lowest BCUT2D eigenvalue weighted by Crippen LogP contribution is -2.56. The van der Waals surface area contributed by atoms with Crippen molar-refractivity contribution in [1.82, 2.24) is 0 Å². The molecule has 34 heavy (non-hydrogen) atoms. The molecular formula is C26H44O6Si2. The van der Waals surface area contributed by atoms with E-state index in [4.69, 9.17) is 18.3 Å². The molecule has 192 valence electrons. The van der Waals surface area contributed by atoms with Gasteiger partial charge in [0.2, 0.25) is 0 Å². The molecule has 4 saturated carbocycles. The van der Waals surface area contributed by atoms with Crippen molar-refractivity contribution >= 4 is 28.6 Å². The van der Waals surface area contributed by atoms with Crippen LogP contribution in [0.3, 0.4) is 0 Å². The maximum absolute atomic E-state index is 13.6. The molecule has 4 bridgehead atoms. The highest BCUT2D eigenvalue weighted by Crippen LogP contribution is 2.78. The molecule has 0 radical (unpaired) electrons. The molecule has 0 amide bonds. The highest BCUT2D eigenvalue weighted by atomic mass is 28.4. The lowest BCUT2D eigenvalue weighted by molar-refractivity contribution is -0.163. The molecule has 5 fully saturated rings. The van der Waals surface area contributed by atoms with Gasteiger partial charge < -0.3 is 18.3 Å². The lowest BCUT2D eigenvalue weighted by Gasteiger charge is -2.47. The first kappa shape index (κ1) is 25.0. The topological polar surface area (TPSA) is 71.1 Å². The molecule has 0 aromatic carbocycles. The Morgan fingerprint density at radius 1 is 1.06 bits per heavy atom. The van der Waals surface area contributed by atoms with E-state index in [1.807, 2.05) is 6.92 Å². The minimum absolute atomic E-state index is 0.150. The van der Waals surface area contributed by atoms with Gasteiger partial charge in [0.05, 0.1) is 24.5 Å². The molecular weight excluding hydrogens is 464 g/mol. The summed E-state index contributed by atoms with van der Waals surface area (Å²) in [5, 5.41) is 0. The van der Waals surface area contributed by atoms with Gasteiger partial charge in [-0.3, -0.25) is 9.59 Å². The number of carbonyl (C=O) groups excluding carboxylic acids is 2. The Morgan fingerprint density at radius 2 is 1.76 bits per heavy atom. The van der Waals surface area contributed by atoms with Crippen molar-refractivity contribution in [1.29, 1.82) is 0 Å². The maximum Gasteiger partial charge on any atom is 0.315 e.